The van der Waals surface area contributed by atoms with Gasteiger partial charge in [-0.2, -0.15) is 13.2 Å². The molecule has 0 spiro atoms. The van der Waals surface area contributed by atoms with Gasteiger partial charge in [0.1, 0.15) is 5.82 Å². The molecule has 9 heteroatoms. The largest absolute Gasteiger partial charge is 0.416 e. The molecule has 2 heterocycles. The fourth-order valence-electron chi connectivity index (χ4n) is 4.53. The van der Waals surface area contributed by atoms with Crippen molar-refractivity contribution < 1.29 is 18.0 Å². The molecule has 4 rings (SSSR count). The van der Waals surface area contributed by atoms with Crippen molar-refractivity contribution in [2.24, 2.45) is 11.3 Å². The van der Waals surface area contributed by atoms with E-state index in [9.17, 15) is 22.8 Å². The molecule has 1 atom stereocenters. The topological polar surface area (TPSA) is 74.8 Å². The number of benzene rings is 1. The molecule has 5 nitrogen and oxygen atoms in total. The van der Waals surface area contributed by atoms with Crippen molar-refractivity contribution in [1.29, 1.82) is 0 Å². The first-order valence-corrected chi connectivity index (χ1v) is 11.8. The first kappa shape index (κ1) is 23.6. The molecule has 33 heavy (non-hydrogen) atoms. The van der Waals surface area contributed by atoms with Gasteiger partial charge in [-0.1, -0.05) is 57.7 Å². The van der Waals surface area contributed by atoms with Crippen LogP contribution in [0.3, 0.4) is 0 Å². The third-order valence-electron chi connectivity index (χ3n) is 5.83. The summed E-state index contributed by atoms with van der Waals surface area (Å²) in [6.45, 7) is 7.97. The number of nitrogens with zero attached hydrogens (tertiary/aromatic N) is 1. The number of hydrogen-bond donors (Lipinski definition) is 2. The van der Waals surface area contributed by atoms with Gasteiger partial charge in [0, 0.05) is 29.4 Å². The predicted molar refractivity (Wildman–Crippen MR) is 122 cm³/mol. The Morgan fingerprint density at radius 1 is 1.18 bits per heavy atom. The van der Waals surface area contributed by atoms with Gasteiger partial charge in [0.05, 0.1) is 11.1 Å². The standard InChI is InChI=1S/C24H26F3N3O2S/c1-12(2)11-33-22-29-20-19(21(32)30-22)17(13-7-5-6-8-14(13)24(25,26)27)18-15(28-20)9-23(3,4)10-16(18)31/h5-8,12,17H,9-11H2,1-4H3,(H2,28,29,30,32). The lowest BCUT2D eigenvalue weighted by atomic mass is 9.69. The molecule has 0 saturated heterocycles. The number of aromatic amines is 1. The highest BCUT2D eigenvalue weighted by Crippen LogP contribution is 2.49. The van der Waals surface area contributed by atoms with Crippen LogP contribution in [0.2, 0.25) is 0 Å². The molecule has 0 saturated carbocycles. The van der Waals surface area contributed by atoms with E-state index >= 15 is 0 Å². The fourth-order valence-corrected chi connectivity index (χ4v) is 5.34. The van der Waals surface area contributed by atoms with Gasteiger partial charge in [0.25, 0.3) is 5.56 Å². The zero-order valence-electron chi connectivity index (χ0n) is 18.9. The summed E-state index contributed by atoms with van der Waals surface area (Å²) in [5, 5.41) is 3.54. The molecule has 1 aliphatic carbocycles. The van der Waals surface area contributed by atoms with Crippen LogP contribution in [-0.4, -0.2) is 21.5 Å². The number of rotatable bonds is 4. The minimum atomic E-state index is -4.63. The van der Waals surface area contributed by atoms with Crippen LogP contribution in [0.5, 0.6) is 0 Å². The van der Waals surface area contributed by atoms with E-state index in [1.165, 1.54) is 30.0 Å². The lowest BCUT2D eigenvalue weighted by Crippen LogP contribution is -2.37. The van der Waals surface area contributed by atoms with Gasteiger partial charge >= 0.3 is 6.18 Å². The molecule has 0 amide bonds. The van der Waals surface area contributed by atoms with Gasteiger partial charge in [0.2, 0.25) is 0 Å². The summed E-state index contributed by atoms with van der Waals surface area (Å²) in [5.74, 6) is -0.0863. The molecule has 0 fully saturated rings. The number of aromatic nitrogens is 2. The molecular weight excluding hydrogens is 451 g/mol. The second-order valence-corrected chi connectivity index (χ2v) is 10.8. The number of nitrogens with one attached hydrogen (secondary N) is 2. The molecule has 176 valence electrons. The zero-order chi connectivity index (χ0) is 24.1. The Hall–Kier alpha value is -2.55. The van der Waals surface area contributed by atoms with Crippen LogP contribution in [0.15, 0.2) is 45.5 Å². The normalized spacial score (nSPS) is 19.9. The van der Waals surface area contributed by atoms with E-state index in [1.54, 1.807) is 0 Å². The predicted octanol–water partition coefficient (Wildman–Crippen LogP) is 5.74. The summed E-state index contributed by atoms with van der Waals surface area (Å²) < 4.78 is 41.8. The lowest BCUT2D eigenvalue weighted by Gasteiger charge is -2.39. The van der Waals surface area contributed by atoms with Crippen molar-refractivity contribution in [2.45, 2.75) is 57.8 Å². The number of anilines is 1. The molecule has 1 unspecified atom stereocenters. The highest BCUT2D eigenvalue weighted by atomic mass is 32.2. The Labute approximate surface area is 194 Å². The Balaban J connectivity index is 1.96. The number of carbonyl (C=O) groups is 1. The fraction of sp³-hybridized carbons (Fsp3) is 0.458. The Morgan fingerprint density at radius 3 is 2.55 bits per heavy atom. The number of Topliss-reactive ketones (excluding diaryl/α,β-unsaturated/α-hetero) is 1. The molecule has 2 N–H and O–H groups in total. The van der Waals surface area contributed by atoms with E-state index in [0.29, 0.717) is 23.2 Å². The molecule has 1 aromatic heterocycles. The van der Waals surface area contributed by atoms with Gasteiger partial charge in [0.15, 0.2) is 10.9 Å². The monoisotopic (exact) mass is 477 g/mol. The zero-order valence-corrected chi connectivity index (χ0v) is 19.7. The Morgan fingerprint density at radius 2 is 1.88 bits per heavy atom. The minimum absolute atomic E-state index is 0.0485. The van der Waals surface area contributed by atoms with Crippen molar-refractivity contribution in [1.82, 2.24) is 9.97 Å². The number of allylic oxidation sites excluding steroid dienone is 2. The number of ketones is 1. The van der Waals surface area contributed by atoms with E-state index in [1.807, 2.05) is 27.7 Å². The number of fused-ring (bicyclic) bond motifs is 1. The van der Waals surface area contributed by atoms with Gasteiger partial charge < -0.3 is 10.3 Å². The Kier molecular flexibility index (Phi) is 5.97. The lowest BCUT2D eigenvalue weighted by molar-refractivity contribution is -0.138. The first-order chi connectivity index (χ1) is 15.4. The summed E-state index contributed by atoms with van der Waals surface area (Å²) in [7, 11) is 0. The minimum Gasteiger partial charge on any atom is -0.343 e. The van der Waals surface area contributed by atoms with Crippen LogP contribution < -0.4 is 10.9 Å². The highest BCUT2D eigenvalue weighted by molar-refractivity contribution is 7.99. The number of alkyl halides is 3. The maximum atomic E-state index is 13.9. The number of hydrogen-bond acceptors (Lipinski definition) is 5. The molecule has 2 aliphatic rings. The third-order valence-corrected chi connectivity index (χ3v) is 7.13. The summed E-state index contributed by atoms with van der Waals surface area (Å²) in [4.78, 5) is 33.7. The summed E-state index contributed by atoms with van der Waals surface area (Å²) >= 11 is 1.38. The van der Waals surface area contributed by atoms with Crippen molar-refractivity contribution in [3.8, 4) is 0 Å². The average Bonchev–Trinajstić information content (AvgIpc) is 2.69. The van der Waals surface area contributed by atoms with Crippen LogP contribution in [0.1, 0.15) is 63.1 Å². The van der Waals surface area contributed by atoms with Crippen molar-refractivity contribution >= 4 is 23.4 Å². The molecule has 1 aliphatic heterocycles. The number of H-pyrrole nitrogens is 1. The van der Waals surface area contributed by atoms with E-state index in [2.05, 4.69) is 15.3 Å². The summed E-state index contributed by atoms with van der Waals surface area (Å²) in [6.07, 6.45) is -3.96. The highest BCUT2D eigenvalue weighted by Gasteiger charge is 2.45. The van der Waals surface area contributed by atoms with E-state index in [-0.39, 0.29) is 40.1 Å². The van der Waals surface area contributed by atoms with E-state index in [4.69, 9.17) is 0 Å². The van der Waals surface area contributed by atoms with Crippen molar-refractivity contribution in [3.63, 3.8) is 0 Å². The van der Waals surface area contributed by atoms with Gasteiger partial charge in [-0.25, -0.2) is 4.98 Å². The molecule has 2 aromatic rings. The van der Waals surface area contributed by atoms with Crippen LogP contribution >= 0.6 is 11.8 Å². The maximum absolute atomic E-state index is 13.9. The number of thioether (sulfide) groups is 1. The van der Waals surface area contributed by atoms with Crippen LogP contribution in [0.4, 0.5) is 19.0 Å². The second-order valence-electron chi connectivity index (χ2n) is 9.81. The smallest absolute Gasteiger partial charge is 0.343 e. The van der Waals surface area contributed by atoms with Crippen molar-refractivity contribution in [3.05, 3.63) is 62.6 Å². The van der Waals surface area contributed by atoms with E-state index < -0.39 is 23.2 Å². The van der Waals surface area contributed by atoms with Gasteiger partial charge in [-0.3, -0.25) is 9.59 Å². The molecule has 0 radical (unpaired) electrons. The SMILES string of the molecule is CC(C)CSc1nc2c(c(=O)[nH]1)C(c1ccccc1C(F)(F)F)C1=C(CC(C)(C)CC1=O)N2. The summed E-state index contributed by atoms with van der Waals surface area (Å²) in [5.41, 5.74) is -1.03. The van der Waals surface area contributed by atoms with Crippen molar-refractivity contribution in [2.75, 3.05) is 11.1 Å². The molecule has 1 aromatic carbocycles. The third kappa shape index (κ3) is 4.60. The molecule has 0 bridgehead atoms. The Bertz CT molecular complexity index is 1200. The average molecular weight is 478 g/mol. The van der Waals surface area contributed by atoms with Gasteiger partial charge in [-0.05, 0) is 29.4 Å². The maximum Gasteiger partial charge on any atom is 0.416 e. The van der Waals surface area contributed by atoms with Crippen LogP contribution in [0.25, 0.3) is 0 Å². The van der Waals surface area contributed by atoms with Crippen LogP contribution in [-0.2, 0) is 11.0 Å². The molecular formula is C24H26F3N3O2S. The van der Waals surface area contributed by atoms with E-state index in [0.717, 1.165) is 11.8 Å². The quantitative estimate of drug-likeness (QED) is 0.434. The number of carbonyl (C=O) groups excluding carboxylic acids is 1. The van der Waals surface area contributed by atoms with Gasteiger partial charge in [-0.15, -0.1) is 0 Å². The number of halogens is 3. The summed E-state index contributed by atoms with van der Waals surface area (Å²) in [6, 6.07) is 5.14. The first-order valence-electron chi connectivity index (χ1n) is 10.8. The second kappa shape index (κ2) is 8.34. The van der Waals surface area contributed by atoms with Crippen LogP contribution in [0, 0.1) is 11.3 Å².